The van der Waals surface area contributed by atoms with Gasteiger partial charge in [-0.3, -0.25) is 4.72 Å². The molecule has 1 aliphatic rings. The van der Waals surface area contributed by atoms with Crippen molar-refractivity contribution in [2.75, 3.05) is 10.7 Å². The highest BCUT2D eigenvalue weighted by atomic mass is 32.2. The lowest BCUT2D eigenvalue weighted by molar-refractivity contribution is 0.359. The minimum absolute atomic E-state index is 0.350. The fraction of sp³-hybridized carbons (Fsp3) is 0.375. The van der Waals surface area contributed by atoms with E-state index in [2.05, 4.69) is 9.71 Å². The summed E-state index contributed by atoms with van der Waals surface area (Å²) in [5.41, 5.74) is 2.23. The lowest BCUT2D eigenvalue weighted by atomic mass is 10.1. The lowest BCUT2D eigenvalue weighted by Crippen LogP contribution is -2.26. The maximum Gasteiger partial charge on any atom is 0.268 e. The number of ether oxygens (including phenoxy) is 1. The predicted octanol–water partition coefficient (Wildman–Crippen LogP) is 0.790. The van der Waals surface area contributed by atoms with Crippen LogP contribution in [-0.4, -0.2) is 19.3 Å². The van der Waals surface area contributed by atoms with E-state index in [0.717, 1.165) is 11.1 Å². The summed E-state index contributed by atoms with van der Waals surface area (Å²) in [6.45, 7) is 3.69. The number of fused-ring (bicyclic) bond motifs is 1. The molecule has 0 spiro atoms. The number of nitrogens with zero attached hydrogens (tertiary/aromatic N) is 1. The second-order valence-corrected chi connectivity index (χ2v) is 4.89. The Kier molecular flexibility index (Phi) is 1.88. The normalized spacial score (nSPS) is 17.9. The molecule has 0 amide bonds. The maximum atomic E-state index is 11.2. The van der Waals surface area contributed by atoms with Crippen molar-refractivity contribution in [2.45, 2.75) is 13.8 Å². The van der Waals surface area contributed by atoms with Crippen LogP contribution in [0.4, 0.5) is 5.69 Å². The van der Waals surface area contributed by atoms with Gasteiger partial charge in [-0.25, -0.2) is 13.4 Å². The SMILES string of the molecule is Cc1cnc2c(c1C)NS(=O)(=O)CO2. The van der Waals surface area contributed by atoms with Crippen LogP contribution in [0.2, 0.25) is 0 Å². The second-order valence-electron chi connectivity index (χ2n) is 3.23. The predicted molar refractivity (Wildman–Crippen MR) is 51.7 cm³/mol. The molecule has 1 aromatic heterocycles. The Balaban J connectivity index is 2.60. The molecule has 0 atom stereocenters. The fourth-order valence-corrected chi connectivity index (χ4v) is 2.10. The number of aromatic nitrogens is 1. The zero-order valence-corrected chi connectivity index (χ0v) is 8.68. The second kappa shape index (κ2) is 2.84. The summed E-state index contributed by atoms with van der Waals surface area (Å²) in [5.74, 6) is -0.0156. The van der Waals surface area contributed by atoms with Gasteiger partial charge in [0.15, 0.2) is 0 Å². The number of rotatable bonds is 0. The Hall–Kier alpha value is -1.30. The average Bonchev–Trinajstić information content (AvgIpc) is 2.11. The highest BCUT2D eigenvalue weighted by molar-refractivity contribution is 7.92. The van der Waals surface area contributed by atoms with Crippen molar-refractivity contribution < 1.29 is 13.2 Å². The van der Waals surface area contributed by atoms with Gasteiger partial charge in [-0.2, -0.15) is 0 Å². The summed E-state index contributed by atoms with van der Waals surface area (Å²) in [5, 5.41) is 0. The molecule has 0 bridgehead atoms. The van der Waals surface area contributed by atoms with Crippen LogP contribution in [0, 0.1) is 13.8 Å². The average molecular weight is 214 g/mol. The van der Waals surface area contributed by atoms with E-state index in [-0.39, 0.29) is 5.94 Å². The molecule has 1 N–H and O–H groups in total. The van der Waals surface area contributed by atoms with E-state index in [1.807, 2.05) is 13.8 Å². The van der Waals surface area contributed by atoms with Crippen molar-refractivity contribution in [3.05, 3.63) is 17.3 Å². The molecular weight excluding hydrogens is 204 g/mol. The fourth-order valence-electron chi connectivity index (χ4n) is 1.22. The van der Waals surface area contributed by atoms with Gasteiger partial charge >= 0.3 is 0 Å². The van der Waals surface area contributed by atoms with E-state index in [1.54, 1.807) is 6.20 Å². The number of sulfonamides is 1. The summed E-state index contributed by atoms with van der Waals surface area (Å²) in [4.78, 5) is 4.00. The summed E-state index contributed by atoms with van der Waals surface area (Å²) >= 11 is 0. The standard InChI is InChI=1S/C8H10N2O3S/c1-5-3-9-8-7(6(5)2)10-14(11,12)4-13-8/h3,10H,4H2,1-2H3. The Bertz CT molecular complexity index is 482. The van der Waals surface area contributed by atoms with Gasteiger partial charge in [0.1, 0.15) is 5.69 Å². The number of anilines is 1. The van der Waals surface area contributed by atoms with Gasteiger partial charge in [0.25, 0.3) is 10.0 Å². The smallest absolute Gasteiger partial charge is 0.268 e. The van der Waals surface area contributed by atoms with E-state index in [0.29, 0.717) is 11.6 Å². The molecule has 1 aromatic rings. The van der Waals surface area contributed by atoms with E-state index in [1.165, 1.54) is 0 Å². The van der Waals surface area contributed by atoms with Gasteiger partial charge < -0.3 is 4.74 Å². The van der Waals surface area contributed by atoms with Crippen molar-refractivity contribution in [3.8, 4) is 5.88 Å². The lowest BCUT2D eigenvalue weighted by Gasteiger charge is -2.20. The number of pyridine rings is 1. The van der Waals surface area contributed by atoms with Crippen molar-refractivity contribution in [3.63, 3.8) is 0 Å². The summed E-state index contributed by atoms with van der Waals surface area (Å²) < 4.78 is 29.9. The highest BCUT2D eigenvalue weighted by Gasteiger charge is 2.24. The molecule has 0 aliphatic carbocycles. The van der Waals surface area contributed by atoms with Crippen LogP contribution in [0.15, 0.2) is 6.20 Å². The molecule has 76 valence electrons. The first-order valence-electron chi connectivity index (χ1n) is 4.09. The zero-order chi connectivity index (χ0) is 10.3. The Morgan fingerprint density at radius 1 is 1.50 bits per heavy atom. The summed E-state index contributed by atoms with van der Waals surface area (Å²) in [7, 11) is -3.35. The van der Waals surface area contributed by atoms with Gasteiger partial charge in [0.05, 0.1) is 0 Å². The number of hydrogen-bond acceptors (Lipinski definition) is 4. The van der Waals surface area contributed by atoms with Gasteiger partial charge in [-0.05, 0) is 25.0 Å². The number of aryl methyl sites for hydroxylation is 1. The maximum absolute atomic E-state index is 11.2. The van der Waals surface area contributed by atoms with E-state index in [9.17, 15) is 8.42 Å². The van der Waals surface area contributed by atoms with Gasteiger partial charge in [0.2, 0.25) is 11.8 Å². The first-order chi connectivity index (χ1) is 6.49. The summed E-state index contributed by atoms with van der Waals surface area (Å²) in [6.07, 6.45) is 1.66. The molecule has 1 aliphatic heterocycles. The number of hydrogen-bond donors (Lipinski definition) is 1. The largest absolute Gasteiger partial charge is 0.458 e. The molecule has 2 rings (SSSR count). The Morgan fingerprint density at radius 2 is 2.21 bits per heavy atom. The van der Waals surface area contributed by atoms with E-state index >= 15 is 0 Å². The first kappa shape index (κ1) is 9.26. The van der Waals surface area contributed by atoms with Crippen LogP contribution in [-0.2, 0) is 10.0 Å². The van der Waals surface area contributed by atoms with E-state index in [4.69, 9.17) is 4.74 Å². The van der Waals surface area contributed by atoms with Gasteiger partial charge in [-0.1, -0.05) is 0 Å². The number of nitrogens with one attached hydrogen (secondary N) is 1. The highest BCUT2D eigenvalue weighted by Crippen LogP contribution is 2.31. The molecule has 0 saturated heterocycles. The van der Waals surface area contributed by atoms with Crippen molar-refractivity contribution in [2.24, 2.45) is 0 Å². The van der Waals surface area contributed by atoms with E-state index < -0.39 is 10.0 Å². The van der Waals surface area contributed by atoms with Crippen molar-refractivity contribution >= 4 is 15.7 Å². The monoisotopic (exact) mass is 214 g/mol. The van der Waals surface area contributed by atoms with Crippen LogP contribution < -0.4 is 9.46 Å². The third-order valence-corrected chi connectivity index (χ3v) is 3.11. The molecule has 6 heteroatoms. The van der Waals surface area contributed by atoms with Gasteiger partial charge in [0, 0.05) is 6.20 Å². The quantitative estimate of drug-likeness (QED) is 0.693. The molecule has 0 aromatic carbocycles. The van der Waals surface area contributed by atoms with Crippen LogP contribution in [0.3, 0.4) is 0 Å². The first-order valence-corrected chi connectivity index (χ1v) is 5.74. The third kappa shape index (κ3) is 1.41. The Morgan fingerprint density at radius 3 is 2.93 bits per heavy atom. The van der Waals surface area contributed by atoms with Crippen molar-refractivity contribution in [1.82, 2.24) is 4.98 Å². The molecule has 0 fully saturated rings. The molecule has 0 saturated carbocycles. The molecule has 5 nitrogen and oxygen atoms in total. The van der Waals surface area contributed by atoms with Crippen LogP contribution in [0.1, 0.15) is 11.1 Å². The molecular formula is C8H10N2O3S. The third-order valence-electron chi connectivity index (χ3n) is 2.16. The van der Waals surface area contributed by atoms with Crippen LogP contribution in [0.5, 0.6) is 5.88 Å². The molecule has 2 heterocycles. The van der Waals surface area contributed by atoms with Crippen molar-refractivity contribution in [1.29, 1.82) is 0 Å². The zero-order valence-electron chi connectivity index (χ0n) is 7.86. The topological polar surface area (TPSA) is 68.3 Å². The molecule has 0 radical (unpaired) electrons. The summed E-state index contributed by atoms with van der Waals surface area (Å²) in [6, 6.07) is 0. The Labute approximate surface area is 82.2 Å². The molecule has 14 heavy (non-hydrogen) atoms. The van der Waals surface area contributed by atoms with Crippen LogP contribution >= 0.6 is 0 Å². The minimum Gasteiger partial charge on any atom is -0.458 e. The van der Waals surface area contributed by atoms with Gasteiger partial charge in [-0.15, -0.1) is 0 Å². The molecule has 0 unspecified atom stereocenters. The van der Waals surface area contributed by atoms with Crippen LogP contribution in [0.25, 0.3) is 0 Å². The minimum atomic E-state index is -3.35.